The molecule has 160 valence electrons. The third-order valence-corrected chi connectivity index (χ3v) is 5.71. The molecule has 0 spiro atoms. The van der Waals surface area contributed by atoms with Gasteiger partial charge < -0.3 is 0 Å². The zero-order chi connectivity index (χ0) is 20.7. The molecule has 0 radical (unpaired) electrons. The summed E-state index contributed by atoms with van der Waals surface area (Å²) in [6, 6.07) is 5.99. The molecule has 29 heavy (non-hydrogen) atoms. The molecule has 0 N–H and O–H groups in total. The van der Waals surface area contributed by atoms with Gasteiger partial charge in [0, 0.05) is 36.6 Å². The fourth-order valence-electron chi connectivity index (χ4n) is 3.82. The van der Waals surface area contributed by atoms with E-state index in [4.69, 9.17) is 0 Å². The molecule has 0 atom stereocenters. The molecule has 0 fully saturated rings. The van der Waals surface area contributed by atoms with E-state index in [2.05, 4.69) is 30.8 Å². The molecule has 2 aromatic rings. The highest BCUT2D eigenvalue weighted by Gasteiger charge is 2.12. The number of nitrogens with zero attached hydrogens (tertiary/aromatic N) is 2. The molecule has 2 heterocycles. The minimum Gasteiger partial charge on any atom is -0.205 e. The molecule has 2 rings (SSSR count). The Labute approximate surface area is 177 Å². The van der Waals surface area contributed by atoms with Gasteiger partial charge in [-0.1, -0.05) is 65.2 Å². The molecule has 0 unspecified atom stereocenters. The van der Waals surface area contributed by atoms with E-state index in [-0.39, 0.29) is 5.82 Å². The Hall–Kier alpha value is -1.77. The lowest BCUT2D eigenvalue weighted by Crippen LogP contribution is -2.33. The van der Waals surface area contributed by atoms with Gasteiger partial charge in [-0.05, 0) is 18.4 Å². The van der Waals surface area contributed by atoms with Gasteiger partial charge in [-0.3, -0.25) is 0 Å². The summed E-state index contributed by atoms with van der Waals surface area (Å²) in [4.78, 5) is 0. The molecule has 2 nitrogen and oxygen atoms in total. The van der Waals surface area contributed by atoms with Crippen LogP contribution in [0, 0.1) is 5.82 Å². The van der Waals surface area contributed by atoms with Crippen LogP contribution in [0.4, 0.5) is 4.39 Å². The Bertz CT molecular complexity index is 682. The smallest absolute Gasteiger partial charge is 0.205 e. The van der Waals surface area contributed by atoms with E-state index in [0.29, 0.717) is 5.56 Å². The number of hydrogen-bond donors (Lipinski definition) is 0. The predicted octanol–water partition coefficient (Wildman–Crippen LogP) is 6.79. The van der Waals surface area contributed by atoms with Crippen LogP contribution in [0.2, 0.25) is 0 Å². The first kappa shape index (κ1) is 23.5. The molecular weight excluding hydrogens is 359 g/mol. The van der Waals surface area contributed by atoms with Gasteiger partial charge >= 0.3 is 0 Å². The molecule has 2 aromatic heterocycles. The number of rotatable bonds is 15. The second-order valence-electron chi connectivity index (χ2n) is 8.30. The molecular formula is C26H41FN2+2. The summed E-state index contributed by atoms with van der Waals surface area (Å²) in [6.45, 7) is 6.43. The first-order chi connectivity index (χ1) is 14.2. The van der Waals surface area contributed by atoms with E-state index in [0.717, 1.165) is 25.1 Å². The van der Waals surface area contributed by atoms with Crippen LogP contribution in [-0.4, -0.2) is 0 Å². The monoisotopic (exact) mass is 400 g/mol. The van der Waals surface area contributed by atoms with Crippen LogP contribution in [-0.2, 0) is 13.1 Å². The predicted molar refractivity (Wildman–Crippen MR) is 119 cm³/mol. The lowest BCUT2D eigenvalue weighted by molar-refractivity contribution is -0.698. The van der Waals surface area contributed by atoms with Crippen molar-refractivity contribution in [2.24, 2.45) is 0 Å². The van der Waals surface area contributed by atoms with Crippen molar-refractivity contribution < 1.29 is 13.5 Å². The molecule has 3 heteroatoms. The summed E-state index contributed by atoms with van der Waals surface area (Å²) in [6.07, 6.45) is 23.2. The first-order valence-corrected chi connectivity index (χ1v) is 11.9. The van der Waals surface area contributed by atoms with E-state index in [1.165, 1.54) is 70.6 Å². The van der Waals surface area contributed by atoms with Gasteiger partial charge in [-0.25, -0.2) is 9.13 Å². The Morgan fingerprint density at radius 1 is 0.621 bits per heavy atom. The molecule has 0 aliphatic carbocycles. The maximum atomic E-state index is 14.6. The number of pyridine rings is 2. The summed E-state index contributed by atoms with van der Waals surface area (Å²) >= 11 is 0. The number of aromatic nitrogens is 2. The van der Waals surface area contributed by atoms with Crippen molar-refractivity contribution in [3.05, 3.63) is 48.8 Å². The number of hydrogen-bond acceptors (Lipinski definition) is 0. The van der Waals surface area contributed by atoms with Gasteiger partial charge in [0.25, 0.3) is 0 Å². The van der Waals surface area contributed by atoms with E-state index in [1.807, 2.05) is 29.0 Å². The number of aryl methyl sites for hydroxylation is 2. The summed E-state index contributed by atoms with van der Waals surface area (Å²) < 4.78 is 18.8. The van der Waals surface area contributed by atoms with Crippen LogP contribution in [0.1, 0.15) is 90.9 Å². The standard InChI is InChI=1S/C26H41FN2/c1-3-5-7-9-11-13-18-28-20-15-24(16-21-28)25-17-22-29(23-26(25)27)19-14-12-10-8-6-4-2/h15-17,20-23H,3-14,18-19H2,1-2H3/q+2. The van der Waals surface area contributed by atoms with Gasteiger partial charge in [0.05, 0.1) is 0 Å². The van der Waals surface area contributed by atoms with Crippen LogP contribution in [0.5, 0.6) is 0 Å². The molecule has 0 saturated carbocycles. The van der Waals surface area contributed by atoms with E-state index < -0.39 is 0 Å². The van der Waals surface area contributed by atoms with E-state index in [9.17, 15) is 4.39 Å². The van der Waals surface area contributed by atoms with E-state index >= 15 is 0 Å². The lowest BCUT2D eigenvalue weighted by atomic mass is 10.1. The SMILES string of the molecule is CCCCCCCC[n+]1ccc(-c2cc[n+](CCCCCCCC)cc2F)cc1. The fraction of sp³-hybridized carbons (Fsp3) is 0.615. The van der Waals surface area contributed by atoms with Gasteiger partial charge in [-0.15, -0.1) is 0 Å². The van der Waals surface area contributed by atoms with Crippen molar-refractivity contribution >= 4 is 0 Å². The molecule has 0 aliphatic heterocycles. The topological polar surface area (TPSA) is 7.76 Å². The largest absolute Gasteiger partial charge is 0.205 e. The van der Waals surface area contributed by atoms with Crippen LogP contribution < -0.4 is 9.13 Å². The fourth-order valence-corrected chi connectivity index (χ4v) is 3.82. The third kappa shape index (κ3) is 9.06. The van der Waals surface area contributed by atoms with Crippen molar-refractivity contribution in [2.75, 3.05) is 0 Å². The average Bonchev–Trinajstić information content (AvgIpc) is 2.74. The number of unbranched alkanes of at least 4 members (excludes halogenated alkanes) is 10. The zero-order valence-electron chi connectivity index (χ0n) is 18.7. The summed E-state index contributed by atoms with van der Waals surface area (Å²) in [5.74, 6) is -0.132. The lowest BCUT2D eigenvalue weighted by Gasteiger charge is -2.04. The molecule has 0 aromatic carbocycles. The van der Waals surface area contributed by atoms with E-state index in [1.54, 1.807) is 6.20 Å². The van der Waals surface area contributed by atoms with Crippen molar-refractivity contribution in [3.63, 3.8) is 0 Å². The Morgan fingerprint density at radius 3 is 1.66 bits per heavy atom. The van der Waals surface area contributed by atoms with Crippen molar-refractivity contribution in [2.45, 2.75) is 104 Å². The van der Waals surface area contributed by atoms with Gasteiger partial charge in [0.1, 0.15) is 13.1 Å². The molecule has 0 saturated heterocycles. The van der Waals surface area contributed by atoms with Gasteiger partial charge in [0.2, 0.25) is 6.20 Å². The molecule has 0 aliphatic rings. The van der Waals surface area contributed by atoms with Crippen LogP contribution >= 0.6 is 0 Å². The highest BCUT2D eigenvalue weighted by molar-refractivity contribution is 5.61. The van der Waals surface area contributed by atoms with Crippen molar-refractivity contribution in [1.82, 2.24) is 0 Å². The highest BCUT2D eigenvalue weighted by Crippen LogP contribution is 2.20. The van der Waals surface area contributed by atoms with Crippen LogP contribution in [0.15, 0.2) is 43.0 Å². The quantitative estimate of drug-likeness (QED) is 0.230. The first-order valence-electron chi connectivity index (χ1n) is 11.9. The maximum absolute atomic E-state index is 14.6. The average molecular weight is 401 g/mol. The second-order valence-corrected chi connectivity index (χ2v) is 8.30. The summed E-state index contributed by atoms with van der Waals surface area (Å²) in [5.41, 5.74) is 1.64. The molecule has 0 bridgehead atoms. The minimum absolute atomic E-state index is 0.132. The Kier molecular flexibility index (Phi) is 11.6. The minimum atomic E-state index is -0.132. The number of halogens is 1. The Morgan fingerprint density at radius 2 is 1.10 bits per heavy atom. The van der Waals surface area contributed by atoms with Gasteiger partial charge in [-0.2, -0.15) is 4.39 Å². The van der Waals surface area contributed by atoms with Crippen molar-refractivity contribution in [1.29, 1.82) is 0 Å². The molecule has 0 amide bonds. The summed E-state index contributed by atoms with van der Waals surface area (Å²) in [5, 5.41) is 0. The zero-order valence-corrected chi connectivity index (χ0v) is 18.7. The Balaban J connectivity index is 1.79. The normalized spacial score (nSPS) is 11.1. The third-order valence-electron chi connectivity index (χ3n) is 5.71. The van der Waals surface area contributed by atoms with Crippen LogP contribution in [0.25, 0.3) is 11.1 Å². The summed E-state index contributed by atoms with van der Waals surface area (Å²) in [7, 11) is 0. The van der Waals surface area contributed by atoms with Crippen LogP contribution in [0.3, 0.4) is 0 Å². The maximum Gasteiger partial charge on any atom is 0.205 e. The van der Waals surface area contributed by atoms with Crippen molar-refractivity contribution in [3.8, 4) is 11.1 Å². The second kappa shape index (κ2) is 14.3. The van der Waals surface area contributed by atoms with Gasteiger partial charge in [0.15, 0.2) is 24.4 Å². The highest BCUT2D eigenvalue weighted by atomic mass is 19.1.